The van der Waals surface area contributed by atoms with Crippen LogP contribution in [0.4, 0.5) is 11.6 Å². The SMILES string of the molecule is Cc1nc(NN)cc(N(C)CC2CC(O)C2)n1. The summed E-state index contributed by atoms with van der Waals surface area (Å²) in [4.78, 5) is 10.6. The standard InChI is InChI=1S/C11H19N5O/c1-7-13-10(15-12)5-11(14-7)16(2)6-8-3-9(17)4-8/h5,8-9,17H,3-4,6,12H2,1-2H3,(H,13,14,15). The lowest BCUT2D eigenvalue weighted by atomic mass is 9.82. The van der Waals surface area contributed by atoms with E-state index in [9.17, 15) is 5.11 Å². The number of aromatic nitrogens is 2. The fraction of sp³-hybridized carbons (Fsp3) is 0.636. The Balaban J connectivity index is 2.02. The molecule has 1 aromatic rings. The number of hydrogen-bond donors (Lipinski definition) is 3. The molecule has 2 rings (SSSR count). The van der Waals surface area contributed by atoms with Gasteiger partial charge in [-0.25, -0.2) is 15.8 Å². The largest absolute Gasteiger partial charge is 0.393 e. The van der Waals surface area contributed by atoms with Crippen LogP contribution in [-0.4, -0.2) is 34.8 Å². The normalized spacial score (nSPS) is 23.1. The van der Waals surface area contributed by atoms with E-state index in [4.69, 9.17) is 5.84 Å². The van der Waals surface area contributed by atoms with Crippen LogP contribution in [0.1, 0.15) is 18.7 Å². The first-order chi connectivity index (χ1) is 8.08. The Morgan fingerprint density at radius 3 is 2.82 bits per heavy atom. The van der Waals surface area contributed by atoms with Crippen LogP contribution in [0.3, 0.4) is 0 Å². The minimum atomic E-state index is -0.109. The molecule has 0 saturated heterocycles. The maximum Gasteiger partial charge on any atom is 0.145 e. The zero-order valence-electron chi connectivity index (χ0n) is 10.2. The van der Waals surface area contributed by atoms with Gasteiger partial charge in [-0.1, -0.05) is 0 Å². The third-order valence-corrected chi connectivity index (χ3v) is 3.11. The predicted octanol–water partition coefficient (Wildman–Crippen LogP) is 0.278. The van der Waals surface area contributed by atoms with Crippen molar-refractivity contribution < 1.29 is 5.11 Å². The number of anilines is 2. The molecule has 1 saturated carbocycles. The van der Waals surface area contributed by atoms with E-state index in [1.165, 1.54) is 0 Å². The molecule has 1 aromatic heterocycles. The topological polar surface area (TPSA) is 87.3 Å². The van der Waals surface area contributed by atoms with Crippen molar-refractivity contribution in [3.63, 3.8) is 0 Å². The van der Waals surface area contributed by atoms with Gasteiger partial charge in [-0.15, -0.1) is 0 Å². The summed E-state index contributed by atoms with van der Waals surface area (Å²) in [5.41, 5.74) is 2.53. The molecule has 0 spiro atoms. The van der Waals surface area contributed by atoms with Crippen LogP contribution in [-0.2, 0) is 0 Å². The monoisotopic (exact) mass is 237 g/mol. The maximum absolute atomic E-state index is 9.26. The number of hydrogen-bond acceptors (Lipinski definition) is 6. The zero-order valence-corrected chi connectivity index (χ0v) is 10.2. The van der Waals surface area contributed by atoms with Gasteiger partial charge in [0.15, 0.2) is 0 Å². The van der Waals surface area contributed by atoms with Gasteiger partial charge in [-0.2, -0.15) is 0 Å². The minimum Gasteiger partial charge on any atom is -0.393 e. The molecule has 6 heteroatoms. The Kier molecular flexibility index (Phi) is 3.44. The molecule has 4 N–H and O–H groups in total. The van der Waals surface area contributed by atoms with Crippen LogP contribution in [0.5, 0.6) is 0 Å². The Morgan fingerprint density at radius 2 is 2.24 bits per heavy atom. The van der Waals surface area contributed by atoms with Crippen molar-refractivity contribution in [3.8, 4) is 0 Å². The molecule has 0 radical (unpaired) electrons. The highest BCUT2D eigenvalue weighted by atomic mass is 16.3. The average molecular weight is 237 g/mol. The van der Waals surface area contributed by atoms with Crippen LogP contribution >= 0.6 is 0 Å². The summed E-state index contributed by atoms with van der Waals surface area (Å²) in [5, 5.41) is 9.26. The van der Waals surface area contributed by atoms with Crippen molar-refractivity contribution in [1.82, 2.24) is 9.97 Å². The van der Waals surface area contributed by atoms with Crippen molar-refractivity contribution in [2.24, 2.45) is 11.8 Å². The van der Waals surface area contributed by atoms with Gasteiger partial charge in [0, 0.05) is 19.7 Å². The number of hydrazine groups is 1. The summed E-state index contributed by atoms with van der Waals surface area (Å²) in [5.74, 6) is 8.07. The lowest BCUT2D eigenvalue weighted by Crippen LogP contribution is -2.37. The zero-order chi connectivity index (χ0) is 12.4. The molecular weight excluding hydrogens is 218 g/mol. The highest BCUT2D eigenvalue weighted by Crippen LogP contribution is 2.28. The molecule has 1 aliphatic carbocycles. The van der Waals surface area contributed by atoms with Crippen molar-refractivity contribution in [2.45, 2.75) is 25.9 Å². The lowest BCUT2D eigenvalue weighted by Gasteiger charge is -2.34. The predicted molar refractivity (Wildman–Crippen MR) is 66.6 cm³/mol. The average Bonchev–Trinajstić information content (AvgIpc) is 2.26. The van der Waals surface area contributed by atoms with E-state index in [0.29, 0.717) is 17.6 Å². The van der Waals surface area contributed by atoms with E-state index in [0.717, 1.165) is 25.2 Å². The van der Waals surface area contributed by atoms with Gasteiger partial charge >= 0.3 is 0 Å². The molecule has 17 heavy (non-hydrogen) atoms. The number of aliphatic hydroxyl groups excluding tert-OH is 1. The Morgan fingerprint density at radius 1 is 1.53 bits per heavy atom. The van der Waals surface area contributed by atoms with Gasteiger partial charge in [0.25, 0.3) is 0 Å². The lowest BCUT2D eigenvalue weighted by molar-refractivity contribution is 0.0464. The molecule has 0 atom stereocenters. The second-order valence-electron chi connectivity index (χ2n) is 4.67. The Hall–Kier alpha value is -1.40. The van der Waals surface area contributed by atoms with E-state index >= 15 is 0 Å². The number of nitrogens with two attached hydrogens (primary N) is 1. The van der Waals surface area contributed by atoms with Crippen LogP contribution in [0.25, 0.3) is 0 Å². The van der Waals surface area contributed by atoms with Crippen LogP contribution < -0.4 is 16.2 Å². The van der Waals surface area contributed by atoms with Gasteiger partial charge in [-0.05, 0) is 25.7 Å². The molecule has 6 nitrogen and oxygen atoms in total. The number of aliphatic hydroxyl groups is 1. The first-order valence-electron chi connectivity index (χ1n) is 5.80. The highest BCUT2D eigenvalue weighted by Gasteiger charge is 2.28. The third-order valence-electron chi connectivity index (χ3n) is 3.11. The van der Waals surface area contributed by atoms with Crippen molar-refractivity contribution in [1.29, 1.82) is 0 Å². The molecular formula is C11H19N5O. The van der Waals surface area contributed by atoms with Gasteiger partial charge < -0.3 is 15.4 Å². The minimum absolute atomic E-state index is 0.109. The highest BCUT2D eigenvalue weighted by molar-refractivity contribution is 5.48. The molecule has 0 bridgehead atoms. The summed E-state index contributed by atoms with van der Waals surface area (Å²) in [6.07, 6.45) is 1.66. The van der Waals surface area contributed by atoms with Crippen molar-refractivity contribution in [3.05, 3.63) is 11.9 Å². The summed E-state index contributed by atoms with van der Waals surface area (Å²) in [7, 11) is 1.99. The van der Waals surface area contributed by atoms with E-state index in [1.54, 1.807) is 0 Å². The molecule has 1 fully saturated rings. The fourth-order valence-electron chi connectivity index (χ4n) is 2.15. The first kappa shape index (κ1) is 12.1. The van der Waals surface area contributed by atoms with Crippen molar-refractivity contribution in [2.75, 3.05) is 23.9 Å². The fourth-order valence-corrected chi connectivity index (χ4v) is 2.15. The summed E-state index contributed by atoms with van der Waals surface area (Å²) < 4.78 is 0. The number of nitrogens with zero attached hydrogens (tertiary/aromatic N) is 3. The van der Waals surface area contributed by atoms with Crippen LogP contribution in [0.15, 0.2) is 6.07 Å². The maximum atomic E-state index is 9.26. The van der Waals surface area contributed by atoms with E-state index in [1.807, 2.05) is 20.0 Å². The third kappa shape index (κ3) is 2.83. The number of aryl methyl sites for hydroxylation is 1. The Labute approximate surface area is 101 Å². The van der Waals surface area contributed by atoms with Gasteiger partial charge in [0.05, 0.1) is 6.10 Å². The molecule has 0 aromatic carbocycles. The van der Waals surface area contributed by atoms with Crippen LogP contribution in [0.2, 0.25) is 0 Å². The second-order valence-corrected chi connectivity index (χ2v) is 4.67. The molecule has 0 unspecified atom stereocenters. The number of rotatable bonds is 4. The van der Waals surface area contributed by atoms with E-state index in [-0.39, 0.29) is 6.10 Å². The van der Waals surface area contributed by atoms with E-state index < -0.39 is 0 Å². The summed E-state index contributed by atoms with van der Waals surface area (Å²) in [6.45, 7) is 2.74. The number of nitrogen functional groups attached to an aromatic ring is 1. The second kappa shape index (κ2) is 4.85. The van der Waals surface area contributed by atoms with Gasteiger partial charge in [-0.3, -0.25) is 0 Å². The quantitative estimate of drug-likeness (QED) is 0.515. The van der Waals surface area contributed by atoms with Crippen molar-refractivity contribution >= 4 is 11.6 Å². The number of nitrogens with one attached hydrogen (secondary N) is 1. The van der Waals surface area contributed by atoms with E-state index in [2.05, 4.69) is 20.3 Å². The van der Waals surface area contributed by atoms with Crippen LogP contribution in [0, 0.1) is 12.8 Å². The molecule has 0 aliphatic heterocycles. The molecule has 1 aliphatic rings. The summed E-state index contributed by atoms with van der Waals surface area (Å²) >= 11 is 0. The van der Waals surface area contributed by atoms with Gasteiger partial charge in [0.1, 0.15) is 17.5 Å². The molecule has 1 heterocycles. The molecule has 94 valence electrons. The molecule has 0 amide bonds. The first-order valence-corrected chi connectivity index (χ1v) is 5.80. The smallest absolute Gasteiger partial charge is 0.145 e. The summed E-state index contributed by atoms with van der Waals surface area (Å²) in [6, 6.07) is 1.82. The Bertz CT molecular complexity index is 391. The van der Waals surface area contributed by atoms with Gasteiger partial charge in [0.2, 0.25) is 0 Å².